The predicted molar refractivity (Wildman–Crippen MR) is 142 cm³/mol. The first-order chi connectivity index (χ1) is 17.8. The molecule has 0 bridgehead atoms. The Morgan fingerprint density at radius 2 is 1.50 bits per heavy atom. The standard InChI is InChI=1S/C31H21N3O2/c35-31-27(18-22-12-8-16-36-22)33-30-29(32-28(19-34(30)31)20-9-2-1-3-10-20)26-17-21-11-4-5-13-23(21)24-14-6-7-15-25(24)26/h1-17,19,35H,18H2. The van der Waals surface area contributed by atoms with Crippen molar-refractivity contribution in [2.45, 2.75) is 6.42 Å². The maximum Gasteiger partial charge on any atom is 0.219 e. The van der Waals surface area contributed by atoms with Crippen molar-refractivity contribution >= 4 is 27.2 Å². The molecule has 5 nitrogen and oxygen atoms in total. The van der Waals surface area contributed by atoms with Gasteiger partial charge < -0.3 is 9.52 Å². The normalized spacial score (nSPS) is 11.6. The third kappa shape index (κ3) is 3.25. The van der Waals surface area contributed by atoms with Gasteiger partial charge in [0.1, 0.15) is 17.1 Å². The molecule has 172 valence electrons. The highest BCUT2D eigenvalue weighted by Gasteiger charge is 2.21. The fourth-order valence-corrected chi connectivity index (χ4v) is 4.96. The fraction of sp³-hybridized carbons (Fsp3) is 0.0323. The lowest BCUT2D eigenvalue weighted by atomic mass is 9.95. The monoisotopic (exact) mass is 467 g/mol. The molecule has 1 N–H and O–H groups in total. The van der Waals surface area contributed by atoms with Gasteiger partial charge in [-0.15, -0.1) is 0 Å². The average molecular weight is 468 g/mol. The van der Waals surface area contributed by atoms with Crippen LogP contribution in [0.5, 0.6) is 5.88 Å². The van der Waals surface area contributed by atoms with Gasteiger partial charge in [0.25, 0.3) is 0 Å². The number of benzene rings is 4. The Hall–Kier alpha value is -4.90. The zero-order valence-electron chi connectivity index (χ0n) is 19.3. The van der Waals surface area contributed by atoms with Crippen LogP contribution in [0.4, 0.5) is 0 Å². The molecular weight excluding hydrogens is 446 g/mol. The van der Waals surface area contributed by atoms with E-state index in [0.29, 0.717) is 17.8 Å². The number of furan rings is 1. The smallest absolute Gasteiger partial charge is 0.219 e. The van der Waals surface area contributed by atoms with Crippen molar-refractivity contribution in [3.63, 3.8) is 0 Å². The number of aromatic nitrogens is 3. The summed E-state index contributed by atoms with van der Waals surface area (Å²) in [4.78, 5) is 10.0. The molecule has 0 spiro atoms. The molecule has 5 heteroatoms. The van der Waals surface area contributed by atoms with Crippen LogP contribution >= 0.6 is 0 Å². The topological polar surface area (TPSA) is 63.6 Å². The van der Waals surface area contributed by atoms with Crippen LogP contribution in [-0.4, -0.2) is 19.5 Å². The van der Waals surface area contributed by atoms with E-state index in [2.05, 4.69) is 42.5 Å². The summed E-state index contributed by atoms with van der Waals surface area (Å²) in [5, 5.41) is 15.8. The van der Waals surface area contributed by atoms with Crippen LogP contribution in [-0.2, 0) is 6.42 Å². The quantitative estimate of drug-likeness (QED) is 0.277. The van der Waals surface area contributed by atoms with Gasteiger partial charge in [-0.3, -0.25) is 4.40 Å². The summed E-state index contributed by atoms with van der Waals surface area (Å²) in [5.41, 5.74) is 4.57. The summed E-state index contributed by atoms with van der Waals surface area (Å²) >= 11 is 0. The zero-order valence-corrected chi connectivity index (χ0v) is 19.3. The van der Waals surface area contributed by atoms with Gasteiger partial charge in [0.05, 0.1) is 18.4 Å². The Kier molecular flexibility index (Phi) is 4.61. The van der Waals surface area contributed by atoms with Crippen LogP contribution in [0.1, 0.15) is 11.5 Å². The lowest BCUT2D eigenvalue weighted by Gasteiger charge is -2.13. The minimum Gasteiger partial charge on any atom is -0.493 e. The highest BCUT2D eigenvalue weighted by Crippen LogP contribution is 2.38. The number of rotatable bonds is 4. The molecule has 0 atom stereocenters. The van der Waals surface area contributed by atoms with Crippen LogP contribution in [0.2, 0.25) is 0 Å². The van der Waals surface area contributed by atoms with Crippen molar-refractivity contribution in [1.82, 2.24) is 14.4 Å². The van der Waals surface area contributed by atoms with Crippen LogP contribution in [0.25, 0.3) is 49.7 Å². The molecule has 0 amide bonds. The Labute approximate surface area is 206 Å². The third-order valence-electron chi connectivity index (χ3n) is 6.67. The second-order valence-electron chi connectivity index (χ2n) is 8.86. The van der Waals surface area contributed by atoms with Crippen molar-refractivity contribution in [2.24, 2.45) is 0 Å². The number of aromatic hydroxyl groups is 1. The predicted octanol–water partition coefficient (Wildman–Crippen LogP) is 7.26. The molecule has 0 fully saturated rings. The van der Waals surface area contributed by atoms with E-state index in [9.17, 15) is 5.11 Å². The Balaban J connectivity index is 1.57. The highest BCUT2D eigenvalue weighted by atomic mass is 16.3. The van der Waals surface area contributed by atoms with Crippen molar-refractivity contribution in [2.75, 3.05) is 0 Å². The second kappa shape index (κ2) is 8.10. The molecular formula is C31H21N3O2. The van der Waals surface area contributed by atoms with E-state index in [1.165, 1.54) is 5.39 Å². The molecule has 0 radical (unpaired) electrons. The highest BCUT2D eigenvalue weighted by molar-refractivity contribution is 6.14. The van der Waals surface area contributed by atoms with Crippen LogP contribution in [0, 0.1) is 0 Å². The van der Waals surface area contributed by atoms with Gasteiger partial charge in [-0.2, -0.15) is 0 Å². The van der Waals surface area contributed by atoms with E-state index in [1.807, 2.05) is 60.8 Å². The van der Waals surface area contributed by atoms with Gasteiger partial charge in [-0.05, 0) is 39.7 Å². The summed E-state index contributed by atoms with van der Waals surface area (Å²) in [6.45, 7) is 0. The molecule has 3 heterocycles. The summed E-state index contributed by atoms with van der Waals surface area (Å²) in [7, 11) is 0. The van der Waals surface area contributed by atoms with Crippen molar-refractivity contribution in [3.05, 3.63) is 121 Å². The summed E-state index contributed by atoms with van der Waals surface area (Å²) in [6, 6.07) is 32.6. The molecule has 0 aliphatic heterocycles. The lowest BCUT2D eigenvalue weighted by Crippen LogP contribution is -1.97. The molecule has 7 rings (SSSR count). The minimum absolute atomic E-state index is 0.0901. The maximum absolute atomic E-state index is 11.2. The average Bonchev–Trinajstić information content (AvgIpc) is 3.56. The maximum atomic E-state index is 11.2. The molecule has 0 aliphatic carbocycles. The lowest BCUT2D eigenvalue weighted by molar-refractivity contribution is 0.438. The molecule has 0 unspecified atom stereocenters. The van der Waals surface area contributed by atoms with Gasteiger partial charge in [0.15, 0.2) is 5.65 Å². The molecule has 0 aliphatic rings. The molecule has 0 saturated carbocycles. The Morgan fingerprint density at radius 3 is 2.31 bits per heavy atom. The van der Waals surface area contributed by atoms with Crippen molar-refractivity contribution < 1.29 is 9.52 Å². The van der Waals surface area contributed by atoms with Crippen molar-refractivity contribution in [3.8, 4) is 28.4 Å². The molecule has 36 heavy (non-hydrogen) atoms. The first-order valence-corrected chi connectivity index (χ1v) is 11.9. The zero-order chi connectivity index (χ0) is 24.1. The van der Waals surface area contributed by atoms with Gasteiger partial charge >= 0.3 is 0 Å². The van der Waals surface area contributed by atoms with Crippen LogP contribution in [0.15, 0.2) is 114 Å². The molecule has 4 aromatic carbocycles. The largest absolute Gasteiger partial charge is 0.493 e. The first-order valence-electron chi connectivity index (χ1n) is 11.9. The minimum atomic E-state index is 0.0901. The number of imidazole rings is 1. The van der Waals surface area contributed by atoms with Crippen LogP contribution in [0.3, 0.4) is 0 Å². The first kappa shape index (κ1) is 20.5. The van der Waals surface area contributed by atoms with Crippen LogP contribution < -0.4 is 0 Å². The van der Waals surface area contributed by atoms with E-state index < -0.39 is 0 Å². The van der Waals surface area contributed by atoms with E-state index in [1.54, 1.807) is 10.7 Å². The SMILES string of the molecule is Oc1c(Cc2ccco2)nc2c(-c3cc4ccccc4c4ccccc34)nc(-c3ccccc3)cn12. The number of hydrogen-bond donors (Lipinski definition) is 1. The summed E-state index contributed by atoms with van der Waals surface area (Å²) in [5.74, 6) is 0.829. The number of nitrogens with zero attached hydrogens (tertiary/aromatic N) is 3. The Bertz CT molecular complexity index is 1870. The Morgan fingerprint density at radius 1 is 0.750 bits per heavy atom. The van der Waals surface area contributed by atoms with Gasteiger partial charge in [-0.1, -0.05) is 78.9 Å². The third-order valence-corrected chi connectivity index (χ3v) is 6.67. The van der Waals surface area contributed by atoms with Gasteiger partial charge in [-0.25, -0.2) is 9.97 Å². The second-order valence-corrected chi connectivity index (χ2v) is 8.86. The van der Waals surface area contributed by atoms with E-state index >= 15 is 0 Å². The summed E-state index contributed by atoms with van der Waals surface area (Å²) < 4.78 is 7.27. The van der Waals surface area contributed by atoms with E-state index in [4.69, 9.17) is 14.4 Å². The van der Waals surface area contributed by atoms with E-state index in [0.717, 1.165) is 44.4 Å². The van der Waals surface area contributed by atoms with Gasteiger partial charge in [0.2, 0.25) is 5.88 Å². The molecule has 7 aromatic rings. The van der Waals surface area contributed by atoms with Crippen molar-refractivity contribution in [1.29, 1.82) is 0 Å². The molecule has 3 aromatic heterocycles. The molecule has 0 saturated heterocycles. The van der Waals surface area contributed by atoms with Gasteiger partial charge in [0, 0.05) is 17.3 Å². The number of hydrogen-bond acceptors (Lipinski definition) is 4. The number of fused-ring (bicyclic) bond motifs is 4. The summed E-state index contributed by atoms with van der Waals surface area (Å²) in [6.07, 6.45) is 3.87. The fourth-order valence-electron chi connectivity index (χ4n) is 4.96. The van der Waals surface area contributed by atoms with E-state index in [-0.39, 0.29) is 5.88 Å².